The SMILES string of the molecule is COc1ccc(-c2cc(=O)c3ccc(NC(=O)c4ccncc4)cc3o2)cc1. The third-order valence-corrected chi connectivity index (χ3v) is 4.30. The van der Waals surface area contributed by atoms with Gasteiger partial charge in [0, 0.05) is 41.3 Å². The van der Waals surface area contributed by atoms with Crippen LogP contribution in [0.15, 0.2) is 82.3 Å². The molecule has 1 amide bonds. The molecule has 4 aromatic rings. The van der Waals surface area contributed by atoms with Crippen LogP contribution in [0.1, 0.15) is 10.4 Å². The van der Waals surface area contributed by atoms with Crippen LogP contribution in [0.2, 0.25) is 0 Å². The van der Waals surface area contributed by atoms with E-state index in [1.807, 2.05) is 12.1 Å². The summed E-state index contributed by atoms with van der Waals surface area (Å²) in [5, 5.41) is 3.24. The fraction of sp³-hybridized carbons (Fsp3) is 0.0455. The summed E-state index contributed by atoms with van der Waals surface area (Å²) in [6.07, 6.45) is 3.10. The van der Waals surface area contributed by atoms with E-state index in [1.165, 1.54) is 6.07 Å². The Morgan fingerprint density at radius 2 is 1.75 bits per heavy atom. The lowest BCUT2D eigenvalue weighted by atomic mass is 10.1. The summed E-state index contributed by atoms with van der Waals surface area (Å²) in [6, 6.07) is 16.9. The molecular weight excluding hydrogens is 356 g/mol. The molecule has 6 nitrogen and oxygen atoms in total. The first-order valence-corrected chi connectivity index (χ1v) is 8.58. The van der Waals surface area contributed by atoms with E-state index in [0.29, 0.717) is 33.7 Å². The number of methoxy groups -OCH3 is 1. The summed E-state index contributed by atoms with van der Waals surface area (Å²) in [7, 11) is 1.59. The number of carbonyl (C=O) groups excluding carboxylic acids is 1. The lowest BCUT2D eigenvalue weighted by Crippen LogP contribution is -2.12. The molecule has 28 heavy (non-hydrogen) atoms. The van der Waals surface area contributed by atoms with Gasteiger partial charge in [-0.3, -0.25) is 14.6 Å². The van der Waals surface area contributed by atoms with Crippen LogP contribution in [0.4, 0.5) is 5.69 Å². The first kappa shape index (κ1) is 17.5. The highest BCUT2D eigenvalue weighted by Crippen LogP contribution is 2.26. The monoisotopic (exact) mass is 372 g/mol. The Morgan fingerprint density at radius 3 is 2.46 bits per heavy atom. The molecule has 0 atom stereocenters. The van der Waals surface area contributed by atoms with Crippen LogP contribution in [0.5, 0.6) is 5.75 Å². The number of hydrogen-bond acceptors (Lipinski definition) is 5. The van der Waals surface area contributed by atoms with Gasteiger partial charge in [-0.15, -0.1) is 0 Å². The molecule has 1 N–H and O–H groups in total. The predicted molar refractivity (Wildman–Crippen MR) is 107 cm³/mol. The standard InChI is InChI=1S/C22H16N2O4/c1-27-17-5-2-14(3-6-17)20-13-19(25)18-7-4-16(12-21(18)28-20)24-22(26)15-8-10-23-11-9-15/h2-13H,1H3,(H,24,26). The summed E-state index contributed by atoms with van der Waals surface area (Å²) < 4.78 is 11.1. The minimum Gasteiger partial charge on any atom is -0.497 e. The zero-order valence-corrected chi connectivity index (χ0v) is 15.0. The number of benzene rings is 2. The molecule has 2 aromatic heterocycles. The molecule has 0 bridgehead atoms. The van der Waals surface area contributed by atoms with Crippen LogP contribution in [0.3, 0.4) is 0 Å². The van der Waals surface area contributed by atoms with E-state index >= 15 is 0 Å². The largest absolute Gasteiger partial charge is 0.497 e. The number of rotatable bonds is 4. The normalized spacial score (nSPS) is 10.6. The van der Waals surface area contributed by atoms with Gasteiger partial charge in [-0.25, -0.2) is 0 Å². The highest BCUT2D eigenvalue weighted by Gasteiger charge is 2.10. The van der Waals surface area contributed by atoms with Crippen molar-refractivity contribution in [2.45, 2.75) is 0 Å². The van der Waals surface area contributed by atoms with Crippen molar-refractivity contribution in [3.63, 3.8) is 0 Å². The molecule has 2 aromatic carbocycles. The van der Waals surface area contributed by atoms with Crippen molar-refractivity contribution < 1.29 is 13.9 Å². The Balaban J connectivity index is 1.69. The number of nitrogens with zero attached hydrogens (tertiary/aromatic N) is 1. The number of nitrogens with one attached hydrogen (secondary N) is 1. The molecule has 138 valence electrons. The third-order valence-electron chi connectivity index (χ3n) is 4.30. The molecule has 0 saturated heterocycles. The molecule has 0 aliphatic heterocycles. The molecule has 0 spiro atoms. The topological polar surface area (TPSA) is 81.4 Å². The van der Waals surface area contributed by atoms with Crippen LogP contribution in [-0.2, 0) is 0 Å². The number of hydrogen-bond donors (Lipinski definition) is 1. The van der Waals surface area contributed by atoms with E-state index in [4.69, 9.17) is 9.15 Å². The van der Waals surface area contributed by atoms with Crippen molar-refractivity contribution in [2.75, 3.05) is 12.4 Å². The Morgan fingerprint density at radius 1 is 1.00 bits per heavy atom. The predicted octanol–water partition coefficient (Wildman–Crippen LogP) is 4.12. The lowest BCUT2D eigenvalue weighted by Gasteiger charge is -2.08. The Bertz CT molecular complexity index is 1200. The number of amides is 1. The van der Waals surface area contributed by atoms with Gasteiger partial charge in [0.15, 0.2) is 5.43 Å². The minimum absolute atomic E-state index is 0.154. The van der Waals surface area contributed by atoms with Gasteiger partial charge in [-0.1, -0.05) is 0 Å². The van der Waals surface area contributed by atoms with E-state index in [9.17, 15) is 9.59 Å². The zero-order valence-electron chi connectivity index (χ0n) is 15.0. The molecule has 0 aliphatic rings. The lowest BCUT2D eigenvalue weighted by molar-refractivity contribution is 0.102. The van der Waals surface area contributed by atoms with Crippen LogP contribution < -0.4 is 15.5 Å². The van der Waals surface area contributed by atoms with Gasteiger partial charge < -0.3 is 14.5 Å². The second-order valence-corrected chi connectivity index (χ2v) is 6.10. The van der Waals surface area contributed by atoms with Crippen molar-refractivity contribution >= 4 is 22.6 Å². The molecule has 6 heteroatoms. The van der Waals surface area contributed by atoms with Crippen LogP contribution in [0, 0.1) is 0 Å². The second kappa shape index (κ2) is 7.36. The number of carbonyl (C=O) groups is 1. The molecule has 2 heterocycles. The Labute approximate surface area is 160 Å². The van der Waals surface area contributed by atoms with Gasteiger partial charge in [0.2, 0.25) is 0 Å². The Hall–Kier alpha value is -3.93. The van der Waals surface area contributed by atoms with Gasteiger partial charge >= 0.3 is 0 Å². The number of aromatic nitrogens is 1. The summed E-state index contributed by atoms with van der Waals surface area (Å²) >= 11 is 0. The average Bonchev–Trinajstić information content (AvgIpc) is 2.74. The number of ether oxygens (including phenoxy) is 1. The number of fused-ring (bicyclic) bond motifs is 1. The van der Waals surface area contributed by atoms with Crippen molar-refractivity contribution in [1.29, 1.82) is 0 Å². The first-order valence-electron chi connectivity index (χ1n) is 8.58. The van der Waals surface area contributed by atoms with E-state index in [-0.39, 0.29) is 11.3 Å². The number of anilines is 1. The molecule has 0 unspecified atom stereocenters. The van der Waals surface area contributed by atoms with Crippen molar-refractivity contribution in [3.8, 4) is 17.1 Å². The summed E-state index contributed by atoms with van der Waals surface area (Å²) in [5.41, 5.74) is 2.02. The fourth-order valence-corrected chi connectivity index (χ4v) is 2.84. The van der Waals surface area contributed by atoms with E-state index in [2.05, 4.69) is 10.3 Å². The Kier molecular flexibility index (Phi) is 4.60. The van der Waals surface area contributed by atoms with Gasteiger partial charge in [0.1, 0.15) is 17.1 Å². The molecule has 0 fully saturated rings. The van der Waals surface area contributed by atoms with E-state index < -0.39 is 0 Å². The second-order valence-electron chi connectivity index (χ2n) is 6.10. The highest BCUT2D eigenvalue weighted by atomic mass is 16.5. The molecule has 4 rings (SSSR count). The summed E-state index contributed by atoms with van der Waals surface area (Å²) in [4.78, 5) is 28.7. The van der Waals surface area contributed by atoms with Crippen LogP contribution in [-0.4, -0.2) is 18.0 Å². The van der Waals surface area contributed by atoms with E-state index in [0.717, 1.165) is 5.56 Å². The molecular formula is C22H16N2O4. The quantitative estimate of drug-likeness (QED) is 0.583. The average molecular weight is 372 g/mol. The van der Waals surface area contributed by atoms with Crippen LogP contribution >= 0.6 is 0 Å². The maximum absolute atomic E-state index is 12.5. The highest BCUT2D eigenvalue weighted by molar-refractivity contribution is 6.04. The molecule has 0 aliphatic carbocycles. The smallest absolute Gasteiger partial charge is 0.255 e. The van der Waals surface area contributed by atoms with E-state index in [1.54, 1.807) is 62.0 Å². The molecule has 0 radical (unpaired) electrons. The zero-order chi connectivity index (χ0) is 19.5. The summed E-state index contributed by atoms with van der Waals surface area (Å²) in [5.74, 6) is 0.890. The van der Waals surface area contributed by atoms with Gasteiger partial charge in [-0.2, -0.15) is 0 Å². The maximum Gasteiger partial charge on any atom is 0.255 e. The third kappa shape index (κ3) is 3.48. The van der Waals surface area contributed by atoms with Crippen molar-refractivity contribution in [1.82, 2.24) is 4.98 Å². The van der Waals surface area contributed by atoms with Crippen LogP contribution in [0.25, 0.3) is 22.3 Å². The van der Waals surface area contributed by atoms with Gasteiger partial charge in [0.05, 0.1) is 12.5 Å². The number of pyridine rings is 1. The van der Waals surface area contributed by atoms with Gasteiger partial charge in [-0.05, 0) is 48.5 Å². The molecule has 0 saturated carbocycles. The summed E-state index contributed by atoms with van der Waals surface area (Å²) in [6.45, 7) is 0. The van der Waals surface area contributed by atoms with Gasteiger partial charge in [0.25, 0.3) is 5.91 Å². The minimum atomic E-state index is -0.268. The van der Waals surface area contributed by atoms with Crippen molar-refractivity contribution in [3.05, 3.63) is 88.8 Å². The maximum atomic E-state index is 12.5. The first-order chi connectivity index (χ1) is 13.6. The van der Waals surface area contributed by atoms with Crippen molar-refractivity contribution in [2.24, 2.45) is 0 Å². The fourth-order valence-electron chi connectivity index (χ4n) is 2.84.